The molecule has 1 atom stereocenters. The lowest BCUT2D eigenvalue weighted by Gasteiger charge is -2.37. The normalized spacial score (nSPS) is 16.4. The van der Waals surface area contributed by atoms with Gasteiger partial charge in [-0.05, 0) is 43.7 Å². The quantitative estimate of drug-likeness (QED) is 0.809. The molecule has 1 aliphatic rings. The molecule has 1 unspecified atom stereocenters. The number of rotatable bonds is 6. The van der Waals surface area contributed by atoms with E-state index in [1.54, 1.807) is 0 Å². The Morgan fingerprint density at radius 3 is 2.29 bits per heavy atom. The minimum absolute atomic E-state index is 0.000806. The van der Waals surface area contributed by atoms with Crippen LogP contribution in [0.2, 0.25) is 0 Å². The van der Waals surface area contributed by atoms with E-state index >= 15 is 0 Å². The molecule has 3 rings (SSSR count). The van der Waals surface area contributed by atoms with Crippen molar-refractivity contribution in [1.29, 1.82) is 0 Å². The van der Waals surface area contributed by atoms with Crippen molar-refractivity contribution in [2.24, 2.45) is 0 Å². The Hall–Kier alpha value is -2.70. The first-order valence-corrected chi connectivity index (χ1v) is 9.70. The molecule has 1 aliphatic heterocycles. The second-order valence-corrected chi connectivity index (χ2v) is 7.26. The molecule has 1 saturated heterocycles. The van der Waals surface area contributed by atoms with Crippen LogP contribution in [-0.4, -0.2) is 60.4 Å². The average molecular weight is 380 g/mol. The fraction of sp³-hybridized carbons (Fsp3) is 0.364. The predicted molar refractivity (Wildman–Crippen MR) is 112 cm³/mol. The maximum Gasteiger partial charge on any atom is 0.241 e. The van der Waals surface area contributed by atoms with Crippen molar-refractivity contribution in [2.45, 2.75) is 19.9 Å². The second-order valence-electron chi connectivity index (χ2n) is 7.26. The molecule has 28 heavy (non-hydrogen) atoms. The van der Waals surface area contributed by atoms with E-state index in [-0.39, 0.29) is 17.9 Å². The minimum atomic E-state index is -0.208. The number of benzene rings is 2. The number of amides is 2. The summed E-state index contributed by atoms with van der Waals surface area (Å²) < 4.78 is 0. The molecule has 1 heterocycles. The van der Waals surface area contributed by atoms with Gasteiger partial charge in [-0.2, -0.15) is 0 Å². The third kappa shape index (κ3) is 5.65. The number of aryl methyl sites for hydroxylation is 1. The first-order valence-electron chi connectivity index (χ1n) is 9.70. The van der Waals surface area contributed by atoms with Gasteiger partial charge in [0.25, 0.3) is 0 Å². The van der Waals surface area contributed by atoms with Gasteiger partial charge in [-0.1, -0.05) is 30.3 Å². The molecule has 0 spiro atoms. The van der Waals surface area contributed by atoms with Crippen LogP contribution in [0, 0.1) is 6.92 Å². The molecule has 148 valence electrons. The molecular formula is C22H28N4O2. The molecule has 2 aromatic carbocycles. The van der Waals surface area contributed by atoms with Gasteiger partial charge < -0.3 is 10.6 Å². The van der Waals surface area contributed by atoms with E-state index in [2.05, 4.69) is 20.4 Å². The zero-order valence-electron chi connectivity index (χ0n) is 16.5. The Morgan fingerprint density at radius 2 is 1.61 bits per heavy atom. The highest BCUT2D eigenvalue weighted by Crippen LogP contribution is 2.13. The lowest BCUT2D eigenvalue weighted by molar-refractivity contribution is -0.122. The maximum atomic E-state index is 12.6. The molecule has 1 fully saturated rings. The second kappa shape index (κ2) is 9.48. The first-order chi connectivity index (χ1) is 13.5. The van der Waals surface area contributed by atoms with Crippen molar-refractivity contribution in [3.05, 3.63) is 60.2 Å². The summed E-state index contributed by atoms with van der Waals surface area (Å²) in [6, 6.07) is 17.1. The fourth-order valence-corrected chi connectivity index (χ4v) is 3.37. The highest BCUT2D eigenvalue weighted by Gasteiger charge is 2.26. The van der Waals surface area contributed by atoms with Crippen molar-refractivity contribution < 1.29 is 9.59 Å². The van der Waals surface area contributed by atoms with Gasteiger partial charge in [0.05, 0.1) is 12.6 Å². The predicted octanol–water partition coefficient (Wildman–Crippen LogP) is 2.58. The SMILES string of the molecule is Cc1cccc(NC(=O)C(C)N2CCN(CC(=O)Nc3ccccc3)CC2)c1. The lowest BCUT2D eigenvalue weighted by atomic mass is 10.2. The van der Waals surface area contributed by atoms with Crippen LogP contribution in [0.1, 0.15) is 12.5 Å². The first kappa shape index (κ1) is 20.0. The topological polar surface area (TPSA) is 64.7 Å². The fourth-order valence-electron chi connectivity index (χ4n) is 3.37. The summed E-state index contributed by atoms with van der Waals surface area (Å²) >= 11 is 0. The number of hydrogen-bond acceptors (Lipinski definition) is 4. The zero-order valence-corrected chi connectivity index (χ0v) is 16.5. The number of piperazine rings is 1. The van der Waals surface area contributed by atoms with Crippen LogP contribution < -0.4 is 10.6 Å². The summed E-state index contributed by atoms with van der Waals surface area (Å²) in [6.07, 6.45) is 0. The van der Waals surface area contributed by atoms with E-state index < -0.39 is 0 Å². The molecule has 0 saturated carbocycles. The van der Waals surface area contributed by atoms with Crippen molar-refractivity contribution >= 4 is 23.2 Å². The zero-order chi connectivity index (χ0) is 19.9. The van der Waals surface area contributed by atoms with Gasteiger partial charge in [-0.25, -0.2) is 0 Å². The van der Waals surface area contributed by atoms with Crippen LogP contribution >= 0.6 is 0 Å². The Labute approximate surface area is 166 Å². The van der Waals surface area contributed by atoms with Crippen molar-refractivity contribution in [1.82, 2.24) is 9.80 Å². The third-order valence-electron chi connectivity index (χ3n) is 5.04. The Kier molecular flexibility index (Phi) is 6.79. The molecular weight excluding hydrogens is 352 g/mol. The lowest BCUT2D eigenvalue weighted by Crippen LogP contribution is -2.53. The van der Waals surface area contributed by atoms with Crippen molar-refractivity contribution in [3.63, 3.8) is 0 Å². The number of carbonyl (C=O) groups excluding carboxylic acids is 2. The van der Waals surface area contributed by atoms with Crippen LogP contribution in [0.25, 0.3) is 0 Å². The van der Waals surface area contributed by atoms with Crippen LogP contribution in [-0.2, 0) is 9.59 Å². The van der Waals surface area contributed by atoms with E-state index in [0.29, 0.717) is 6.54 Å². The molecule has 0 aromatic heterocycles. The summed E-state index contributed by atoms with van der Waals surface area (Å²) in [4.78, 5) is 29.0. The van der Waals surface area contributed by atoms with E-state index in [0.717, 1.165) is 43.1 Å². The van der Waals surface area contributed by atoms with Gasteiger partial charge in [0.15, 0.2) is 0 Å². The number of carbonyl (C=O) groups is 2. The summed E-state index contributed by atoms with van der Waals surface area (Å²) in [7, 11) is 0. The van der Waals surface area contributed by atoms with Crippen LogP contribution in [0.15, 0.2) is 54.6 Å². The van der Waals surface area contributed by atoms with Gasteiger partial charge in [-0.3, -0.25) is 19.4 Å². The van der Waals surface area contributed by atoms with Gasteiger partial charge in [0.1, 0.15) is 0 Å². The van der Waals surface area contributed by atoms with Gasteiger partial charge >= 0.3 is 0 Å². The number of para-hydroxylation sites is 1. The standard InChI is InChI=1S/C22H28N4O2/c1-17-7-6-10-20(15-17)24-22(28)18(2)26-13-11-25(12-14-26)16-21(27)23-19-8-4-3-5-9-19/h3-10,15,18H,11-14,16H2,1-2H3,(H,23,27)(H,24,28). The Balaban J connectivity index is 1.44. The molecule has 6 nitrogen and oxygen atoms in total. The van der Waals surface area contributed by atoms with E-state index in [9.17, 15) is 9.59 Å². The molecule has 0 radical (unpaired) electrons. The van der Waals surface area contributed by atoms with Gasteiger partial charge in [-0.15, -0.1) is 0 Å². The van der Waals surface area contributed by atoms with Crippen molar-refractivity contribution in [2.75, 3.05) is 43.4 Å². The monoisotopic (exact) mass is 380 g/mol. The summed E-state index contributed by atoms with van der Waals surface area (Å²) in [6.45, 7) is 7.37. The highest BCUT2D eigenvalue weighted by atomic mass is 16.2. The number of anilines is 2. The summed E-state index contributed by atoms with van der Waals surface area (Å²) in [5.74, 6) is -0.00856. The van der Waals surface area contributed by atoms with Crippen LogP contribution in [0.4, 0.5) is 11.4 Å². The summed E-state index contributed by atoms with van der Waals surface area (Å²) in [5, 5.41) is 5.91. The molecule has 2 aromatic rings. The number of nitrogens with one attached hydrogen (secondary N) is 2. The molecule has 0 bridgehead atoms. The number of hydrogen-bond donors (Lipinski definition) is 2. The smallest absolute Gasteiger partial charge is 0.241 e. The van der Waals surface area contributed by atoms with Crippen LogP contribution in [0.5, 0.6) is 0 Å². The van der Waals surface area contributed by atoms with E-state index in [1.165, 1.54) is 0 Å². The van der Waals surface area contributed by atoms with Gasteiger partial charge in [0, 0.05) is 37.6 Å². The molecule has 0 aliphatic carbocycles. The average Bonchev–Trinajstić information content (AvgIpc) is 2.68. The minimum Gasteiger partial charge on any atom is -0.325 e. The summed E-state index contributed by atoms with van der Waals surface area (Å²) in [5.41, 5.74) is 2.76. The third-order valence-corrected chi connectivity index (χ3v) is 5.04. The molecule has 6 heteroatoms. The largest absolute Gasteiger partial charge is 0.325 e. The van der Waals surface area contributed by atoms with Gasteiger partial charge in [0.2, 0.25) is 11.8 Å². The van der Waals surface area contributed by atoms with E-state index in [1.807, 2.05) is 68.4 Å². The molecule has 2 amide bonds. The maximum absolute atomic E-state index is 12.6. The molecule has 2 N–H and O–H groups in total. The van der Waals surface area contributed by atoms with E-state index in [4.69, 9.17) is 0 Å². The van der Waals surface area contributed by atoms with Crippen molar-refractivity contribution in [3.8, 4) is 0 Å². The Morgan fingerprint density at radius 1 is 0.929 bits per heavy atom. The highest BCUT2D eigenvalue weighted by molar-refractivity contribution is 5.94. The van der Waals surface area contributed by atoms with Crippen LogP contribution in [0.3, 0.4) is 0 Å². The Bertz CT molecular complexity index is 801. The number of nitrogens with zero attached hydrogens (tertiary/aromatic N) is 2.